The lowest BCUT2D eigenvalue weighted by Crippen LogP contribution is -2.38. The fourth-order valence-corrected chi connectivity index (χ4v) is 1.54. The van der Waals surface area contributed by atoms with Crippen LogP contribution >= 0.6 is 24.0 Å². The Morgan fingerprint density at radius 2 is 2.16 bits per heavy atom. The van der Waals surface area contributed by atoms with Gasteiger partial charge in [-0.05, 0) is 19.3 Å². The highest BCUT2D eigenvalue weighted by Gasteiger charge is 2.04. The normalized spacial score (nSPS) is 11.3. The number of aryl methyl sites for hydroxylation is 1. The van der Waals surface area contributed by atoms with Crippen molar-refractivity contribution in [2.75, 3.05) is 13.6 Å². The highest BCUT2D eigenvalue weighted by atomic mass is 127. The lowest BCUT2D eigenvalue weighted by Gasteiger charge is -2.12. The average Bonchev–Trinajstić information content (AvgIpc) is 2.80. The summed E-state index contributed by atoms with van der Waals surface area (Å²) in [5, 5.41) is 14.5. The van der Waals surface area contributed by atoms with Gasteiger partial charge in [-0.3, -0.25) is 4.99 Å². The Labute approximate surface area is 132 Å². The number of halogens is 1. The molecule has 19 heavy (non-hydrogen) atoms. The van der Waals surface area contributed by atoms with Crippen molar-refractivity contribution < 1.29 is 0 Å². The van der Waals surface area contributed by atoms with Gasteiger partial charge in [0.05, 0.1) is 6.54 Å². The van der Waals surface area contributed by atoms with E-state index in [0.29, 0.717) is 12.5 Å². The molecule has 0 radical (unpaired) electrons. The summed E-state index contributed by atoms with van der Waals surface area (Å²) < 4.78 is 2.01. The lowest BCUT2D eigenvalue weighted by atomic mass is 10.1. The smallest absolute Gasteiger partial charge is 0.191 e. The first-order valence-electron chi connectivity index (χ1n) is 6.48. The summed E-state index contributed by atoms with van der Waals surface area (Å²) in [5.74, 6) is 2.42. The molecule has 110 valence electrons. The van der Waals surface area contributed by atoms with Crippen LogP contribution in [0.2, 0.25) is 0 Å². The van der Waals surface area contributed by atoms with E-state index in [9.17, 15) is 0 Å². The maximum absolute atomic E-state index is 4.18. The second kappa shape index (κ2) is 9.99. The zero-order chi connectivity index (χ0) is 13.4. The minimum absolute atomic E-state index is 0. The molecule has 1 heterocycles. The number of aliphatic imine (C=N–C) groups is 1. The summed E-state index contributed by atoms with van der Waals surface area (Å²) >= 11 is 0. The van der Waals surface area contributed by atoms with Crippen molar-refractivity contribution in [1.29, 1.82) is 0 Å². The van der Waals surface area contributed by atoms with E-state index in [2.05, 4.69) is 46.6 Å². The molecule has 0 aliphatic carbocycles. The maximum Gasteiger partial charge on any atom is 0.191 e. The van der Waals surface area contributed by atoms with Crippen LogP contribution in [0.3, 0.4) is 0 Å². The summed E-state index contributed by atoms with van der Waals surface area (Å²) in [5.41, 5.74) is 0. The molecule has 0 aliphatic heterocycles. The zero-order valence-corrected chi connectivity index (χ0v) is 14.5. The molecular weight excluding hydrogens is 355 g/mol. The van der Waals surface area contributed by atoms with Crippen molar-refractivity contribution in [3.63, 3.8) is 0 Å². The molecule has 0 saturated heterocycles. The topological polar surface area (TPSA) is 67.1 Å². The fourth-order valence-electron chi connectivity index (χ4n) is 1.54. The van der Waals surface area contributed by atoms with E-state index in [1.165, 1.54) is 0 Å². The number of nitrogens with zero attached hydrogens (tertiary/aromatic N) is 4. The van der Waals surface area contributed by atoms with Gasteiger partial charge < -0.3 is 15.2 Å². The predicted molar refractivity (Wildman–Crippen MR) is 88.8 cm³/mol. The second-order valence-electron chi connectivity index (χ2n) is 4.57. The van der Waals surface area contributed by atoms with Crippen LogP contribution in [0.1, 0.15) is 33.0 Å². The van der Waals surface area contributed by atoms with Crippen LogP contribution in [-0.4, -0.2) is 34.3 Å². The molecule has 1 rings (SSSR count). The summed E-state index contributed by atoms with van der Waals surface area (Å²) in [6.45, 7) is 8.93. The van der Waals surface area contributed by atoms with Crippen LogP contribution in [0.5, 0.6) is 0 Å². The number of aromatic nitrogens is 3. The Bertz CT molecular complexity index is 374. The number of hydrogen-bond acceptors (Lipinski definition) is 3. The largest absolute Gasteiger partial charge is 0.356 e. The average molecular weight is 380 g/mol. The van der Waals surface area contributed by atoms with Gasteiger partial charge in [-0.25, -0.2) is 0 Å². The minimum atomic E-state index is 0. The van der Waals surface area contributed by atoms with Crippen LogP contribution in [0, 0.1) is 5.92 Å². The number of nitrogens with one attached hydrogen (secondary N) is 2. The minimum Gasteiger partial charge on any atom is -0.356 e. The Kier molecular flexibility index (Phi) is 9.54. The summed E-state index contributed by atoms with van der Waals surface area (Å²) in [7, 11) is 1.77. The molecule has 0 atom stereocenters. The van der Waals surface area contributed by atoms with E-state index in [4.69, 9.17) is 0 Å². The molecule has 1 aromatic rings. The van der Waals surface area contributed by atoms with Gasteiger partial charge in [0, 0.05) is 20.1 Å². The van der Waals surface area contributed by atoms with E-state index in [1.807, 2.05) is 4.57 Å². The predicted octanol–water partition coefficient (Wildman–Crippen LogP) is 1.63. The van der Waals surface area contributed by atoms with Gasteiger partial charge >= 0.3 is 0 Å². The summed E-state index contributed by atoms with van der Waals surface area (Å²) in [4.78, 5) is 4.18. The van der Waals surface area contributed by atoms with E-state index >= 15 is 0 Å². The SMILES string of the molecule is CCn1cnnc1CNC(=NC)NCCC(C)C.I. The van der Waals surface area contributed by atoms with Gasteiger partial charge in [0.15, 0.2) is 11.8 Å². The van der Waals surface area contributed by atoms with Crippen LogP contribution in [0.15, 0.2) is 11.3 Å². The van der Waals surface area contributed by atoms with E-state index in [0.717, 1.165) is 31.3 Å². The first-order valence-corrected chi connectivity index (χ1v) is 6.48. The third-order valence-electron chi connectivity index (χ3n) is 2.69. The Hall–Kier alpha value is -0.860. The van der Waals surface area contributed by atoms with Gasteiger partial charge in [-0.15, -0.1) is 34.2 Å². The second-order valence-corrected chi connectivity index (χ2v) is 4.57. The highest BCUT2D eigenvalue weighted by molar-refractivity contribution is 14.0. The monoisotopic (exact) mass is 380 g/mol. The van der Waals surface area contributed by atoms with Crippen LogP contribution in [-0.2, 0) is 13.1 Å². The first kappa shape index (κ1) is 18.1. The molecule has 1 aromatic heterocycles. The van der Waals surface area contributed by atoms with Crippen LogP contribution in [0.4, 0.5) is 0 Å². The molecule has 0 aliphatic rings. The van der Waals surface area contributed by atoms with Gasteiger partial charge in [-0.1, -0.05) is 13.8 Å². The molecular formula is C12H25IN6. The molecule has 0 bridgehead atoms. The third-order valence-corrected chi connectivity index (χ3v) is 2.69. The molecule has 0 aromatic carbocycles. The first-order chi connectivity index (χ1) is 8.67. The molecule has 2 N–H and O–H groups in total. The van der Waals surface area contributed by atoms with E-state index in [-0.39, 0.29) is 24.0 Å². The van der Waals surface area contributed by atoms with Gasteiger partial charge in [0.2, 0.25) is 0 Å². The van der Waals surface area contributed by atoms with Gasteiger partial charge in [0.1, 0.15) is 6.33 Å². The quantitative estimate of drug-likeness (QED) is 0.447. The van der Waals surface area contributed by atoms with Crippen molar-refractivity contribution in [1.82, 2.24) is 25.4 Å². The number of rotatable bonds is 6. The number of hydrogen-bond donors (Lipinski definition) is 2. The van der Waals surface area contributed by atoms with Gasteiger partial charge in [-0.2, -0.15) is 0 Å². The summed E-state index contributed by atoms with van der Waals surface area (Å²) in [6, 6.07) is 0. The van der Waals surface area contributed by atoms with Crippen molar-refractivity contribution >= 4 is 29.9 Å². The lowest BCUT2D eigenvalue weighted by molar-refractivity contribution is 0.572. The summed E-state index contributed by atoms with van der Waals surface area (Å²) in [6.07, 6.45) is 2.87. The van der Waals surface area contributed by atoms with E-state index in [1.54, 1.807) is 13.4 Å². The maximum atomic E-state index is 4.18. The standard InChI is InChI=1S/C12H24N6.HI/c1-5-18-9-16-17-11(18)8-15-12(13-4)14-7-6-10(2)3;/h9-10H,5-8H2,1-4H3,(H2,13,14,15);1H. The molecule has 0 saturated carbocycles. The fraction of sp³-hybridized carbons (Fsp3) is 0.750. The highest BCUT2D eigenvalue weighted by Crippen LogP contribution is 1.96. The molecule has 0 fully saturated rings. The van der Waals surface area contributed by atoms with E-state index < -0.39 is 0 Å². The van der Waals surface area contributed by atoms with Gasteiger partial charge in [0.25, 0.3) is 0 Å². The van der Waals surface area contributed by atoms with Crippen molar-refractivity contribution in [3.05, 3.63) is 12.2 Å². The molecule has 0 unspecified atom stereocenters. The Balaban J connectivity index is 0.00000324. The molecule has 7 heteroatoms. The zero-order valence-electron chi connectivity index (χ0n) is 12.2. The third kappa shape index (κ3) is 6.74. The van der Waals surface area contributed by atoms with Crippen LogP contribution < -0.4 is 10.6 Å². The molecule has 6 nitrogen and oxygen atoms in total. The van der Waals surface area contributed by atoms with Crippen molar-refractivity contribution in [2.45, 2.75) is 40.3 Å². The molecule has 0 spiro atoms. The van der Waals surface area contributed by atoms with Crippen molar-refractivity contribution in [2.24, 2.45) is 10.9 Å². The van der Waals surface area contributed by atoms with Crippen molar-refractivity contribution in [3.8, 4) is 0 Å². The Morgan fingerprint density at radius 3 is 2.74 bits per heavy atom. The Morgan fingerprint density at radius 1 is 1.42 bits per heavy atom. The molecule has 0 amide bonds. The van der Waals surface area contributed by atoms with Crippen LogP contribution in [0.25, 0.3) is 0 Å². The number of guanidine groups is 1.